The summed E-state index contributed by atoms with van der Waals surface area (Å²) in [5.74, 6) is 0.878. The van der Waals surface area contributed by atoms with Crippen LogP contribution in [0.5, 0.6) is 0 Å². The molecule has 0 fully saturated rings. The third kappa shape index (κ3) is 1.51. The van der Waals surface area contributed by atoms with Crippen LogP contribution in [0.4, 0.5) is 5.69 Å². The van der Waals surface area contributed by atoms with Crippen molar-refractivity contribution in [3.63, 3.8) is 0 Å². The van der Waals surface area contributed by atoms with Gasteiger partial charge in [-0.15, -0.1) is 0 Å². The molecule has 2 N–H and O–H groups in total. The molecule has 0 saturated heterocycles. The number of hydrogen-bond donors (Lipinski definition) is 1. The van der Waals surface area contributed by atoms with Gasteiger partial charge in [0.2, 0.25) is 11.9 Å². The van der Waals surface area contributed by atoms with Gasteiger partial charge in [-0.05, 0) is 32.9 Å². The van der Waals surface area contributed by atoms with Crippen molar-refractivity contribution in [1.82, 2.24) is 0 Å². The Morgan fingerprint density at radius 3 is 2.83 bits per heavy atom. The Labute approximate surface area is 106 Å². The second kappa shape index (κ2) is 3.41. The van der Waals surface area contributed by atoms with Crippen LogP contribution in [0.15, 0.2) is 33.2 Å². The van der Waals surface area contributed by atoms with E-state index < -0.39 is 5.66 Å². The molecule has 0 radical (unpaired) electrons. The van der Waals surface area contributed by atoms with E-state index in [0.29, 0.717) is 5.96 Å². The Kier molecular flexibility index (Phi) is 2.08. The van der Waals surface area contributed by atoms with Crippen molar-refractivity contribution < 1.29 is 0 Å². The van der Waals surface area contributed by atoms with Crippen LogP contribution in [0.2, 0.25) is 0 Å². The van der Waals surface area contributed by atoms with Crippen LogP contribution in [0, 0.1) is 6.92 Å². The molecule has 92 valence electrons. The molecule has 0 spiro atoms. The van der Waals surface area contributed by atoms with Crippen molar-refractivity contribution >= 4 is 23.8 Å². The summed E-state index contributed by atoms with van der Waals surface area (Å²) in [4.78, 5) is 15.0. The number of fused-ring (bicyclic) bond motifs is 3. The number of rotatable bonds is 0. The summed E-state index contributed by atoms with van der Waals surface area (Å²) in [6, 6.07) is 6.25. The number of aryl methyl sites for hydroxylation is 1. The SMILES string of the molecule is Cc1ccc2c(c1)C=NC1=NC(N)=NC(C)(C)N12. The standard InChI is InChI=1S/C13H15N5/c1-8-4-5-10-9(6-8)7-15-12-16-11(14)17-13(2,3)18(10)12/h4-7H,1-3H3,(H2,14,17). The molecule has 0 unspecified atom stereocenters. The lowest BCUT2D eigenvalue weighted by Crippen LogP contribution is -2.51. The predicted molar refractivity (Wildman–Crippen MR) is 74.4 cm³/mol. The first-order valence-corrected chi connectivity index (χ1v) is 5.86. The van der Waals surface area contributed by atoms with Crippen molar-refractivity contribution in [2.24, 2.45) is 20.7 Å². The van der Waals surface area contributed by atoms with E-state index in [1.807, 2.05) is 25.0 Å². The van der Waals surface area contributed by atoms with Crippen LogP contribution >= 0.6 is 0 Å². The van der Waals surface area contributed by atoms with Crippen LogP contribution < -0.4 is 10.6 Å². The third-order valence-corrected chi connectivity index (χ3v) is 3.09. The highest BCUT2D eigenvalue weighted by atomic mass is 15.4. The highest BCUT2D eigenvalue weighted by molar-refractivity contribution is 6.15. The number of aliphatic imine (C=N–C) groups is 3. The first-order chi connectivity index (χ1) is 8.47. The first kappa shape index (κ1) is 11.0. The topological polar surface area (TPSA) is 66.3 Å². The van der Waals surface area contributed by atoms with Gasteiger partial charge in [-0.25, -0.2) is 9.98 Å². The minimum atomic E-state index is -0.469. The van der Waals surface area contributed by atoms with E-state index in [-0.39, 0.29) is 5.96 Å². The molecule has 2 aliphatic rings. The number of anilines is 1. The van der Waals surface area contributed by atoms with Crippen LogP contribution in [-0.2, 0) is 0 Å². The molecule has 2 aliphatic heterocycles. The number of benzene rings is 1. The Morgan fingerprint density at radius 2 is 2.06 bits per heavy atom. The molecule has 0 bridgehead atoms. The minimum absolute atomic E-state index is 0.277. The molecule has 2 heterocycles. The molecule has 1 aromatic carbocycles. The molecule has 1 aromatic rings. The summed E-state index contributed by atoms with van der Waals surface area (Å²) in [7, 11) is 0. The maximum Gasteiger partial charge on any atom is 0.235 e. The lowest BCUT2D eigenvalue weighted by atomic mass is 10.0. The molecule has 0 amide bonds. The molecule has 5 nitrogen and oxygen atoms in total. The van der Waals surface area contributed by atoms with Crippen molar-refractivity contribution in [3.8, 4) is 0 Å². The molecule has 0 aromatic heterocycles. The Bertz CT molecular complexity index is 610. The zero-order chi connectivity index (χ0) is 12.9. The summed E-state index contributed by atoms with van der Waals surface area (Å²) >= 11 is 0. The van der Waals surface area contributed by atoms with E-state index in [2.05, 4.69) is 40.1 Å². The van der Waals surface area contributed by atoms with Gasteiger partial charge in [-0.3, -0.25) is 4.90 Å². The fraction of sp³-hybridized carbons (Fsp3) is 0.308. The molecular weight excluding hydrogens is 226 g/mol. The van der Waals surface area contributed by atoms with Crippen molar-refractivity contribution in [2.45, 2.75) is 26.4 Å². The van der Waals surface area contributed by atoms with E-state index in [1.54, 1.807) is 0 Å². The fourth-order valence-electron chi connectivity index (χ4n) is 2.35. The second-order valence-corrected chi connectivity index (χ2v) is 5.03. The third-order valence-electron chi connectivity index (χ3n) is 3.09. The van der Waals surface area contributed by atoms with Crippen LogP contribution in [-0.4, -0.2) is 23.8 Å². The Balaban J connectivity index is 2.21. The number of nitrogens with two attached hydrogens (primary N) is 1. The number of nitrogens with zero attached hydrogens (tertiary/aromatic N) is 4. The van der Waals surface area contributed by atoms with Crippen LogP contribution in [0.1, 0.15) is 25.0 Å². The van der Waals surface area contributed by atoms with Gasteiger partial charge in [0.05, 0.1) is 5.69 Å². The second-order valence-electron chi connectivity index (χ2n) is 5.03. The van der Waals surface area contributed by atoms with Crippen molar-refractivity contribution in [2.75, 3.05) is 4.90 Å². The van der Waals surface area contributed by atoms with E-state index in [9.17, 15) is 0 Å². The summed E-state index contributed by atoms with van der Waals surface area (Å²) in [5, 5.41) is 0. The lowest BCUT2D eigenvalue weighted by Gasteiger charge is -2.40. The van der Waals surface area contributed by atoms with Gasteiger partial charge in [0.25, 0.3) is 0 Å². The summed E-state index contributed by atoms with van der Waals surface area (Å²) in [6.45, 7) is 6.06. The highest BCUT2D eigenvalue weighted by Crippen LogP contribution is 2.33. The summed E-state index contributed by atoms with van der Waals surface area (Å²) in [5.41, 5.74) is 8.61. The zero-order valence-electron chi connectivity index (χ0n) is 10.7. The average Bonchev–Trinajstić information content (AvgIpc) is 2.26. The Morgan fingerprint density at radius 1 is 1.28 bits per heavy atom. The van der Waals surface area contributed by atoms with E-state index in [4.69, 9.17) is 5.73 Å². The van der Waals surface area contributed by atoms with E-state index in [1.165, 1.54) is 5.56 Å². The van der Waals surface area contributed by atoms with E-state index in [0.717, 1.165) is 11.3 Å². The minimum Gasteiger partial charge on any atom is -0.368 e. The monoisotopic (exact) mass is 241 g/mol. The van der Waals surface area contributed by atoms with E-state index >= 15 is 0 Å². The molecular formula is C13H15N5. The first-order valence-electron chi connectivity index (χ1n) is 5.86. The molecule has 3 rings (SSSR count). The van der Waals surface area contributed by atoms with Gasteiger partial charge in [-0.2, -0.15) is 4.99 Å². The van der Waals surface area contributed by atoms with Gasteiger partial charge in [0, 0.05) is 11.8 Å². The average molecular weight is 241 g/mol. The molecule has 18 heavy (non-hydrogen) atoms. The number of hydrogen-bond acceptors (Lipinski definition) is 5. The van der Waals surface area contributed by atoms with Gasteiger partial charge in [0.15, 0.2) is 0 Å². The lowest BCUT2D eigenvalue weighted by molar-refractivity contribution is 0.533. The van der Waals surface area contributed by atoms with Gasteiger partial charge >= 0.3 is 0 Å². The maximum atomic E-state index is 5.72. The van der Waals surface area contributed by atoms with Crippen molar-refractivity contribution in [3.05, 3.63) is 29.3 Å². The van der Waals surface area contributed by atoms with Crippen molar-refractivity contribution in [1.29, 1.82) is 0 Å². The smallest absolute Gasteiger partial charge is 0.235 e. The maximum absolute atomic E-state index is 5.72. The molecule has 0 aliphatic carbocycles. The quantitative estimate of drug-likeness (QED) is 0.750. The molecule has 5 heteroatoms. The normalized spacial score (nSPS) is 19.8. The summed E-state index contributed by atoms with van der Waals surface area (Å²) in [6.07, 6.45) is 1.83. The van der Waals surface area contributed by atoms with Gasteiger partial charge in [-0.1, -0.05) is 11.6 Å². The number of guanidine groups is 2. The predicted octanol–water partition coefficient (Wildman–Crippen LogP) is 1.65. The molecule has 0 atom stereocenters. The van der Waals surface area contributed by atoms with Crippen LogP contribution in [0.3, 0.4) is 0 Å². The fourth-order valence-corrected chi connectivity index (χ4v) is 2.35. The Hall–Kier alpha value is -2.17. The van der Waals surface area contributed by atoms with Gasteiger partial charge in [0.1, 0.15) is 5.66 Å². The molecule has 0 saturated carbocycles. The zero-order valence-corrected chi connectivity index (χ0v) is 10.7. The summed E-state index contributed by atoms with van der Waals surface area (Å²) < 4.78 is 0. The van der Waals surface area contributed by atoms with Crippen LogP contribution in [0.25, 0.3) is 0 Å². The largest absolute Gasteiger partial charge is 0.368 e. The highest BCUT2D eigenvalue weighted by Gasteiger charge is 2.36. The van der Waals surface area contributed by atoms with Gasteiger partial charge < -0.3 is 5.73 Å².